The molecule has 0 aromatic heterocycles. The zero-order valence-electron chi connectivity index (χ0n) is 7.55. The number of hydrogen-bond acceptors (Lipinski definition) is 1. The van der Waals surface area contributed by atoms with Gasteiger partial charge in [-0.05, 0) is 11.3 Å². The third kappa shape index (κ3) is 4.50. The van der Waals surface area contributed by atoms with E-state index >= 15 is 0 Å². The van der Waals surface area contributed by atoms with Crippen molar-refractivity contribution in [2.75, 3.05) is 6.54 Å². The molecule has 68 valence electrons. The second-order valence-corrected chi connectivity index (χ2v) is 4.50. The van der Waals surface area contributed by atoms with Gasteiger partial charge in [0.15, 0.2) is 0 Å². The summed E-state index contributed by atoms with van der Waals surface area (Å²) in [7, 11) is 0. The molecule has 0 saturated carbocycles. The van der Waals surface area contributed by atoms with Crippen molar-refractivity contribution < 1.29 is 8.76 Å². The summed E-state index contributed by atoms with van der Waals surface area (Å²) in [6.07, 6.45) is 0. The van der Waals surface area contributed by atoms with Crippen LogP contribution >= 0.6 is 0 Å². The molecule has 0 fully saturated rings. The quantitative estimate of drug-likeness (QED) is 0.641. The molecular weight excluding hydrogens is 162 g/mol. The van der Waals surface area contributed by atoms with Gasteiger partial charge in [0.2, 0.25) is 11.3 Å². The van der Waals surface area contributed by atoms with Crippen molar-refractivity contribution >= 4 is 11.3 Å². The molecule has 0 aromatic carbocycles. The van der Waals surface area contributed by atoms with Gasteiger partial charge in [-0.2, -0.15) is 0 Å². The summed E-state index contributed by atoms with van der Waals surface area (Å²) in [6.45, 7) is 8.90. The van der Waals surface area contributed by atoms with Crippen molar-refractivity contribution in [2.24, 2.45) is 11.3 Å². The van der Waals surface area contributed by atoms with Crippen LogP contribution in [-0.4, -0.2) is 15.3 Å². The van der Waals surface area contributed by atoms with E-state index in [0.29, 0.717) is 12.5 Å². The second-order valence-electron chi connectivity index (χ2n) is 3.71. The molecule has 0 aliphatic carbocycles. The van der Waals surface area contributed by atoms with Crippen LogP contribution in [0.15, 0.2) is 0 Å². The number of nitrogens with one attached hydrogen (secondary N) is 1. The Hall–Kier alpha value is 0.0700. The van der Waals surface area contributed by atoms with Crippen molar-refractivity contribution in [3.63, 3.8) is 0 Å². The standard InChI is InChI=1S/C7H17NO2S/c1-6(2)7(3,4)5-8-11(9)10/h6,8H,5H2,1-4H3,(H,9,10). The minimum atomic E-state index is -1.88. The van der Waals surface area contributed by atoms with Crippen LogP contribution in [0.2, 0.25) is 0 Å². The Labute approximate surface area is 71.0 Å². The fourth-order valence-electron chi connectivity index (χ4n) is 0.452. The van der Waals surface area contributed by atoms with Crippen molar-refractivity contribution in [1.82, 2.24) is 4.72 Å². The molecule has 0 radical (unpaired) electrons. The summed E-state index contributed by atoms with van der Waals surface area (Å²) in [5.41, 5.74) is 0.0678. The van der Waals surface area contributed by atoms with Gasteiger partial charge in [-0.1, -0.05) is 27.7 Å². The lowest BCUT2D eigenvalue weighted by molar-refractivity contribution is 0.251. The lowest BCUT2D eigenvalue weighted by Gasteiger charge is -2.28. The highest BCUT2D eigenvalue weighted by molar-refractivity contribution is 7.77. The van der Waals surface area contributed by atoms with Gasteiger partial charge in [0.05, 0.1) is 0 Å². The van der Waals surface area contributed by atoms with E-state index in [1.54, 1.807) is 0 Å². The average molecular weight is 179 g/mol. The second kappa shape index (κ2) is 4.18. The molecule has 4 heteroatoms. The summed E-state index contributed by atoms with van der Waals surface area (Å²) in [5.74, 6) is 0.499. The van der Waals surface area contributed by atoms with Crippen LogP contribution in [-0.2, 0) is 11.3 Å². The SMILES string of the molecule is CC(C)C(C)(C)CNS(=O)O. The van der Waals surface area contributed by atoms with Crippen LogP contribution < -0.4 is 4.72 Å². The van der Waals surface area contributed by atoms with Crippen molar-refractivity contribution in [2.45, 2.75) is 27.7 Å². The maximum absolute atomic E-state index is 10.3. The van der Waals surface area contributed by atoms with Crippen LogP contribution in [0.1, 0.15) is 27.7 Å². The first-order chi connectivity index (χ1) is 4.86. The largest absolute Gasteiger partial charge is 0.294 e. The Kier molecular flexibility index (Phi) is 4.21. The normalized spacial score (nSPS) is 15.5. The molecule has 1 atom stereocenters. The minimum Gasteiger partial charge on any atom is -0.294 e. The van der Waals surface area contributed by atoms with Gasteiger partial charge >= 0.3 is 0 Å². The Morgan fingerprint density at radius 2 is 2.00 bits per heavy atom. The zero-order chi connectivity index (χ0) is 9.07. The molecule has 0 spiro atoms. The monoisotopic (exact) mass is 179 g/mol. The molecule has 0 aromatic rings. The molecule has 0 heterocycles. The van der Waals surface area contributed by atoms with E-state index in [0.717, 1.165) is 0 Å². The topological polar surface area (TPSA) is 49.3 Å². The van der Waals surface area contributed by atoms with Gasteiger partial charge in [0.25, 0.3) is 0 Å². The molecule has 0 saturated heterocycles. The van der Waals surface area contributed by atoms with Crippen LogP contribution in [0, 0.1) is 11.3 Å². The fraction of sp³-hybridized carbons (Fsp3) is 1.00. The van der Waals surface area contributed by atoms with Gasteiger partial charge in [0.1, 0.15) is 0 Å². The van der Waals surface area contributed by atoms with Crippen molar-refractivity contribution in [3.05, 3.63) is 0 Å². The summed E-state index contributed by atoms with van der Waals surface area (Å²) in [5, 5.41) is 0. The molecule has 1 unspecified atom stereocenters. The number of rotatable bonds is 4. The van der Waals surface area contributed by atoms with Gasteiger partial charge in [0, 0.05) is 6.54 Å². The van der Waals surface area contributed by atoms with E-state index in [2.05, 4.69) is 32.4 Å². The first-order valence-corrected chi connectivity index (χ1v) is 4.81. The lowest BCUT2D eigenvalue weighted by Crippen LogP contribution is -2.34. The fourth-order valence-corrected chi connectivity index (χ4v) is 0.947. The van der Waals surface area contributed by atoms with Gasteiger partial charge in [-0.25, -0.2) is 8.93 Å². The summed E-state index contributed by atoms with van der Waals surface area (Å²) >= 11 is -1.88. The first kappa shape index (κ1) is 11.1. The lowest BCUT2D eigenvalue weighted by atomic mass is 9.81. The molecule has 0 bridgehead atoms. The van der Waals surface area contributed by atoms with E-state index in [9.17, 15) is 4.21 Å². The highest BCUT2D eigenvalue weighted by Crippen LogP contribution is 2.24. The van der Waals surface area contributed by atoms with Gasteiger partial charge in [-0.3, -0.25) is 4.55 Å². The third-order valence-corrected chi connectivity index (χ3v) is 2.61. The average Bonchev–Trinajstić information content (AvgIpc) is 1.84. The highest BCUT2D eigenvalue weighted by atomic mass is 32.2. The molecule has 0 amide bonds. The van der Waals surface area contributed by atoms with E-state index in [1.807, 2.05) is 0 Å². The van der Waals surface area contributed by atoms with E-state index in [1.165, 1.54) is 0 Å². The van der Waals surface area contributed by atoms with Gasteiger partial charge < -0.3 is 0 Å². The maximum Gasteiger partial charge on any atom is 0.231 e. The van der Waals surface area contributed by atoms with Crippen molar-refractivity contribution in [1.29, 1.82) is 0 Å². The molecule has 2 N–H and O–H groups in total. The molecular formula is C7H17NO2S. The van der Waals surface area contributed by atoms with E-state index in [4.69, 9.17) is 4.55 Å². The van der Waals surface area contributed by atoms with Gasteiger partial charge in [-0.15, -0.1) is 0 Å². The molecule has 0 rings (SSSR count). The minimum absolute atomic E-state index is 0.0678. The third-order valence-electron chi connectivity index (χ3n) is 2.21. The predicted octanol–water partition coefficient (Wildman–Crippen LogP) is 1.39. The molecule has 3 nitrogen and oxygen atoms in total. The summed E-state index contributed by atoms with van der Waals surface area (Å²) < 4.78 is 21.2. The summed E-state index contributed by atoms with van der Waals surface area (Å²) in [4.78, 5) is 0. The smallest absolute Gasteiger partial charge is 0.231 e. The van der Waals surface area contributed by atoms with Crippen LogP contribution in [0.4, 0.5) is 0 Å². The van der Waals surface area contributed by atoms with Crippen molar-refractivity contribution in [3.8, 4) is 0 Å². The Bertz CT molecular complexity index is 145. The van der Waals surface area contributed by atoms with Crippen LogP contribution in [0.5, 0.6) is 0 Å². The van der Waals surface area contributed by atoms with Crippen LogP contribution in [0.3, 0.4) is 0 Å². The Morgan fingerprint density at radius 3 is 2.27 bits per heavy atom. The Balaban J connectivity index is 3.82. The van der Waals surface area contributed by atoms with E-state index < -0.39 is 11.3 Å². The van der Waals surface area contributed by atoms with E-state index in [-0.39, 0.29) is 5.41 Å². The highest BCUT2D eigenvalue weighted by Gasteiger charge is 2.22. The molecule has 11 heavy (non-hydrogen) atoms. The number of hydrogen-bond donors (Lipinski definition) is 2. The Morgan fingerprint density at radius 1 is 1.55 bits per heavy atom. The maximum atomic E-state index is 10.3. The first-order valence-electron chi connectivity index (χ1n) is 3.70. The van der Waals surface area contributed by atoms with Crippen LogP contribution in [0.25, 0.3) is 0 Å². The predicted molar refractivity (Wildman–Crippen MR) is 47.4 cm³/mol. The molecule has 0 aliphatic rings. The zero-order valence-corrected chi connectivity index (χ0v) is 8.36. The summed E-state index contributed by atoms with van der Waals surface area (Å²) in [6, 6.07) is 0. The molecule has 0 aliphatic heterocycles.